The summed E-state index contributed by atoms with van der Waals surface area (Å²) in [6.45, 7) is 11.3. The Bertz CT molecular complexity index is 1260. The molecule has 0 saturated carbocycles. The first kappa shape index (κ1) is 24.3. The van der Waals surface area contributed by atoms with Crippen molar-refractivity contribution in [2.75, 3.05) is 44.3 Å². The van der Waals surface area contributed by atoms with Gasteiger partial charge >= 0.3 is 0 Å². The zero-order valence-electron chi connectivity index (χ0n) is 20.8. The number of hydrogen-bond donors (Lipinski definition) is 0. The monoisotopic (exact) mass is 476 g/mol. The van der Waals surface area contributed by atoms with Gasteiger partial charge in [0.2, 0.25) is 0 Å². The van der Waals surface area contributed by atoms with Crippen LogP contribution in [0.5, 0.6) is 11.5 Å². The summed E-state index contributed by atoms with van der Waals surface area (Å²) in [5.74, 6) is 1.90. The smallest absolute Gasteiger partial charge is 0.271 e. The molecule has 0 N–H and O–H groups in total. The van der Waals surface area contributed by atoms with E-state index in [1.54, 1.807) is 30.3 Å². The van der Waals surface area contributed by atoms with Crippen LogP contribution in [0, 0.1) is 13.8 Å². The highest BCUT2D eigenvalue weighted by Crippen LogP contribution is 2.29. The Morgan fingerprint density at radius 3 is 2.26 bits per heavy atom. The fourth-order valence-electron chi connectivity index (χ4n) is 4.12. The molecule has 8 heteroatoms. The minimum absolute atomic E-state index is 0.0401. The van der Waals surface area contributed by atoms with Gasteiger partial charge in [-0.1, -0.05) is 6.07 Å². The lowest BCUT2D eigenvalue weighted by Crippen LogP contribution is -2.49. The molecule has 2 heterocycles. The third kappa shape index (κ3) is 5.31. The summed E-state index contributed by atoms with van der Waals surface area (Å²) in [6.07, 6.45) is 0. The number of benzene rings is 2. The van der Waals surface area contributed by atoms with E-state index in [2.05, 4.69) is 10.00 Å². The zero-order chi connectivity index (χ0) is 24.9. The van der Waals surface area contributed by atoms with E-state index in [0.717, 1.165) is 17.1 Å². The Kier molecular flexibility index (Phi) is 7.39. The highest BCUT2D eigenvalue weighted by Gasteiger charge is 2.24. The number of piperazine rings is 1. The SMILES string of the molecule is CCOc1ccc(C(=O)N2CCN(c3ccc(=O)n(-c4ccc(C)c(C)c4)n3)CC2)cc1OCC. The van der Waals surface area contributed by atoms with Gasteiger partial charge in [0.05, 0.1) is 18.9 Å². The van der Waals surface area contributed by atoms with E-state index in [1.807, 2.05) is 50.8 Å². The van der Waals surface area contributed by atoms with Crippen molar-refractivity contribution in [3.8, 4) is 17.2 Å². The predicted molar refractivity (Wildman–Crippen MR) is 136 cm³/mol. The molecular formula is C27H32N4O4. The van der Waals surface area contributed by atoms with E-state index >= 15 is 0 Å². The number of carbonyl (C=O) groups is 1. The minimum atomic E-state index is -0.175. The maximum atomic E-state index is 13.2. The van der Waals surface area contributed by atoms with Gasteiger partial charge in [0.15, 0.2) is 11.5 Å². The first-order valence-electron chi connectivity index (χ1n) is 12.0. The van der Waals surface area contributed by atoms with Crippen LogP contribution in [0.2, 0.25) is 0 Å². The Morgan fingerprint density at radius 2 is 1.57 bits per heavy atom. The van der Waals surface area contributed by atoms with Crippen molar-refractivity contribution in [2.45, 2.75) is 27.7 Å². The number of nitrogens with zero attached hydrogens (tertiary/aromatic N) is 4. The molecule has 2 aromatic carbocycles. The topological polar surface area (TPSA) is 76.9 Å². The summed E-state index contributed by atoms with van der Waals surface area (Å²) in [6, 6.07) is 14.5. The van der Waals surface area contributed by atoms with E-state index in [9.17, 15) is 9.59 Å². The van der Waals surface area contributed by atoms with E-state index in [0.29, 0.717) is 56.5 Å². The van der Waals surface area contributed by atoms with Gasteiger partial charge < -0.3 is 19.3 Å². The Balaban J connectivity index is 1.47. The van der Waals surface area contributed by atoms with Crippen molar-refractivity contribution >= 4 is 11.7 Å². The van der Waals surface area contributed by atoms with E-state index < -0.39 is 0 Å². The first-order chi connectivity index (χ1) is 16.9. The fraction of sp³-hybridized carbons (Fsp3) is 0.370. The van der Waals surface area contributed by atoms with Gasteiger partial charge in [-0.2, -0.15) is 4.68 Å². The second-order valence-corrected chi connectivity index (χ2v) is 8.52. The molecule has 1 amide bonds. The molecule has 0 atom stereocenters. The average Bonchev–Trinajstić information content (AvgIpc) is 2.87. The molecule has 0 radical (unpaired) electrons. The largest absolute Gasteiger partial charge is 0.490 e. The van der Waals surface area contributed by atoms with Crippen molar-refractivity contribution in [3.05, 3.63) is 75.6 Å². The lowest BCUT2D eigenvalue weighted by molar-refractivity contribution is 0.0746. The predicted octanol–water partition coefficient (Wildman–Crippen LogP) is 3.61. The van der Waals surface area contributed by atoms with Gasteiger partial charge in [0, 0.05) is 37.8 Å². The van der Waals surface area contributed by atoms with Crippen LogP contribution in [0.3, 0.4) is 0 Å². The van der Waals surface area contributed by atoms with Gasteiger partial charge in [-0.3, -0.25) is 9.59 Å². The Morgan fingerprint density at radius 1 is 0.857 bits per heavy atom. The van der Waals surface area contributed by atoms with Crippen LogP contribution in [-0.4, -0.2) is 60.0 Å². The Hall–Kier alpha value is -3.81. The number of amides is 1. The first-order valence-corrected chi connectivity index (χ1v) is 12.0. The number of aryl methyl sites for hydroxylation is 2. The molecule has 1 aliphatic rings. The molecule has 4 rings (SSSR count). The highest BCUT2D eigenvalue weighted by molar-refractivity contribution is 5.95. The summed E-state index contributed by atoms with van der Waals surface area (Å²) >= 11 is 0. The summed E-state index contributed by atoms with van der Waals surface area (Å²) in [7, 11) is 0. The summed E-state index contributed by atoms with van der Waals surface area (Å²) in [5.41, 5.74) is 3.42. The van der Waals surface area contributed by atoms with Crippen LogP contribution in [-0.2, 0) is 0 Å². The lowest BCUT2D eigenvalue weighted by Gasteiger charge is -2.35. The third-order valence-corrected chi connectivity index (χ3v) is 6.20. The number of hydrogen-bond acceptors (Lipinski definition) is 6. The Labute approximate surface area is 205 Å². The van der Waals surface area contributed by atoms with Crippen LogP contribution in [0.1, 0.15) is 35.3 Å². The van der Waals surface area contributed by atoms with Crippen LogP contribution < -0.4 is 19.9 Å². The van der Waals surface area contributed by atoms with Crippen molar-refractivity contribution in [1.82, 2.24) is 14.7 Å². The summed E-state index contributed by atoms with van der Waals surface area (Å²) in [5, 5.41) is 4.62. The lowest BCUT2D eigenvalue weighted by atomic mass is 10.1. The molecule has 0 aliphatic carbocycles. The highest BCUT2D eigenvalue weighted by atomic mass is 16.5. The van der Waals surface area contributed by atoms with Crippen LogP contribution in [0.15, 0.2) is 53.3 Å². The normalized spacial score (nSPS) is 13.6. The van der Waals surface area contributed by atoms with E-state index in [4.69, 9.17) is 9.47 Å². The molecule has 0 bridgehead atoms. The number of aromatic nitrogens is 2. The second-order valence-electron chi connectivity index (χ2n) is 8.52. The maximum absolute atomic E-state index is 13.2. The molecule has 1 saturated heterocycles. The van der Waals surface area contributed by atoms with E-state index in [-0.39, 0.29) is 11.5 Å². The van der Waals surface area contributed by atoms with Gasteiger partial charge in [-0.05, 0) is 75.2 Å². The number of rotatable bonds is 7. The molecule has 0 unspecified atom stereocenters. The number of ether oxygens (including phenoxy) is 2. The summed E-state index contributed by atoms with van der Waals surface area (Å²) in [4.78, 5) is 29.6. The minimum Gasteiger partial charge on any atom is -0.490 e. The van der Waals surface area contributed by atoms with E-state index in [1.165, 1.54) is 10.2 Å². The molecule has 1 aromatic heterocycles. The van der Waals surface area contributed by atoms with Gasteiger partial charge in [0.25, 0.3) is 11.5 Å². The van der Waals surface area contributed by atoms with Crippen LogP contribution in [0.25, 0.3) is 5.69 Å². The standard InChI is InChI=1S/C27H32N4O4/c1-5-34-23-10-8-21(18-24(23)35-6-2)27(33)30-15-13-29(14-16-30)25-11-12-26(32)31(28-25)22-9-7-19(3)20(4)17-22/h7-12,17-18H,5-6,13-16H2,1-4H3. The average molecular weight is 477 g/mol. The van der Waals surface area contributed by atoms with Gasteiger partial charge in [-0.25, -0.2) is 0 Å². The zero-order valence-corrected chi connectivity index (χ0v) is 20.8. The fourth-order valence-corrected chi connectivity index (χ4v) is 4.12. The number of anilines is 1. The molecule has 0 spiro atoms. The van der Waals surface area contributed by atoms with Crippen LogP contribution in [0.4, 0.5) is 5.82 Å². The molecule has 35 heavy (non-hydrogen) atoms. The van der Waals surface area contributed by atoms with Crippen molar-refractivity contribution in [3.63, 3.8) is 0 Å². The van der Waals surface area contributed by atoms with Crippen LogP contribution >= 0.6 is 0 Å². The van der Waals surface area contributed by atoms with Gasteiger partial charge in [-0.15, -0.1) is 5.10 Å². The van der Waals surface area contributed by atoms with Crippen molar-refractivity contribution < 1.29 is 14.3 Å². The molecule has 8 nitrogen and oxygen atoms in total. The maximum Gasteiger partial charge on any atom is 0.271 e. The summed E-state index contributed by atoms with van der Waals surface area (Å²) < 4.78 is 12.7. The molecule has 1 fully saturated rings. The third-order valence-electron chi connectivity index (χ3n) is 6.20. The molecule has 1 aliphatic heterocycles. The molecule has 3 aromatic rings. The van der Waals surface area contributed by atoms with Gasteiger partial charge in [0.1, 0.15) is 5.82 Å². The second kappa shape index (κ2) is 10.6. The van der Waals surface area contributed by atoms with Crippen molar-refractivity contribution in [1.29, 1.82) is 0 Å². The molecule has 184 valence electrons. The molecular weight excluding hydrogens is 444 g/mol. The van der Waals surface area contributed by atoms with Crippen molar-refractivity contribution in [2.24, 2.45) is 0 Å². The quantitative estimate of drug-likeness (QED) is 0.519. The number of carbonyl (C=O) groups excluding carboxylic acids is 1.